The Labute approximate surface area is 114 Å². The quantitative estimate of drug-likeness (QED) is 0.381. The number of benzene rings is 1. The third kappa shape index (κ3) is 5.14. The van der Waals surface area contributed by atoms with Gasteiger partial charge in [-0.05, 0) is 36.2 Å². The zero-order chi connectivity index (χ0) is 13.8. The van der Waals surface area contributed by atoms with Crippen LogP contribution >= 0.6 is 27.7 Å². The van der Waals surface area contributed by atoms with Crippen molar-refractivity contribution in [1.82, 2.24) is 0 Å². The van der Waals surface area contributed by atoms with Crippen molar-refractivity contribution in [2.75, 3.05) is 5.33 Å². The molecule has 1 aromatic carbocycles. The van der Waals surface area contributed by atoms with Crippen molar-refractivity contribution in [1.29, 1.82) is 0 Å². The predicted octanol–water partition coefficient (Wildman–Crippen LogP) is 5.56. The van der Waals surface area contributed by atoms with Gasteiger partial charge in [0.2, 0.25) is 0 Å². The minimum Gasteiger partial charge on any atom is -0.205 e. The van der Waals surface area contributed by atoms with Gasteiger partial charge in [0.05, 0.1) is 0 Å². The van der Waals surface area contributed by atoms with E-state index in [1.807, 2.05) is 0 Å². The lowest BCUT2D eigenvalue weighted by Crippen LogP contribution is -2.02. The average molecular weight is 349 g/mol. The second-order valence-electron chi connectivity index (χ2n) is 3.51. The Bertz CT molecular complexity index is 392. The molecule has 1 aromatic rings. The number of thioether (sulfide) groups is 1. The number of hydrogen-bond donors (Lipinski definition) is 0. The molecule has 0 bridgehead atoms. The molecule has 0 spiro atoms. The fraction of sp³-hybridized carbons (Fsp3) is 0.455. The van der Waals surface area contributed by atoms with Gasteiger partial charge < -0.3 is 0 Å². The Morgan fingerprint density at radius 1 is 1.22 bits per heavy atom. The Balaban J connectivity index is 3.01. The normalized spacial score (nSPS) is 12.2. The third-order valence-corrected chi connectivity index (χ3v) is 3.54. The van der Waals surface area contributed by atoms with Crippen LogP contribution in [-0.4, -0.2) is 10.8 Å². The summed E-state index contributed by atoms with van der Waals surface area (Å²) in [5.41, 5.74) is -4.41. The topological polar surface area (TPSA) is 0 Å². The highest BCUT2D eigenvalue weighted by Gasteiger charge is 2.30. The molecule has 1 rings (SSSR count). The molecule has 0 N–H and O–H groups in total. The summed E-state index contributed by atoms with van der Waals surface area (Å²) in [6.07, 6.45) is -1.69. The van der Waals surface area contributed by atoms with Crippen LogP contribution in [0.5, 0.6) is 0 Å². The first-order chi connectivity index (χ1) is 8.33. The zero-order valence-corrected chi connectivity index (χ0v) is 11.5. The second kappa shape index (κ2) is 6.75. The molecule has 0 fully saturated rings. The van der Waals surface area contributed by atoms with E-state index in [-0.39, 0.29) is 22.2 Å². The molecule has 0 amide bonds. The molecule has 0 radical (unpaired) electrons. The maximum absolute atomic E-state index is 12.5. The van der Waals surface area contributed by atoms with E-state index in [0.717, 1.165) is 6.07 Å². The first kappa shape index (κ1) is 15.8. The van der Waals surface area contributed by atoms with E-state index in [0.29, 0.717) is 23.7 Å². The largest absolute Gasteiger partial charge is 0.446 e. The van der Waals surface area contributed by atoms with Gasteiger partial charge in [-0.3, -0.25) is 0 Å². The SMILES string of the molecule is FC(F)c1ccc(CCCBr)c(SC(F)(F)F)c1. The van der Waals surface area contributed by atoms with Crippen molar-refractivity contribution in [2.45, 2.75) is 29.7 Å². The monoisotopic (exact) mass is 348 g/mol. The highest BCUT2D eigenvalue weighted by Crippen LogP contribution is 2.40. The van der Waals surface area contributed by atoms with Gasteiger partial charge in [0.25, 0.3) is 6.43 Å². The fourth-order valence-electron chi connectivity index (χ4n) is 1.39. The molecule has 0 unspecified atom stereocenters. The van der Waals surface area contributed by atoms with Gasteiger partial charge >= 0.3 is 5.51 Å². The summed E-state index contributed by atoms with van der Waals surface area (Å²) in [5.74, 6) is 0. The minimum atomic E-state index is -4.47. The molecule has 0 saturated heterocycles. The van der Waals surface area contributed by atoms with Crippen molar-refractivity contribution < 1.29 is 22.0 Å². The van der Waals surface area contributed by atoms with Gasteiger partial charge in [-0.2, -0.15) is 13.2 Å². The molecule has 0 nitrogen and oxygen atoms in total. The molecule has 0 aromatic heterocycles. The van der Waals surface area contributed by atoms with Crippen LogP contribution in [0.25, 0.3) is 0 Å². The van der Waals surface area contributed by atoms with Gasteiger partial charge in [0.15, 0.2) is 0 Å². The lowest BCUT2D eigenvalue weighted by Gasteiger charge is -2.12. The highest BCUT2D eigenvalue weighted by atomic mass is 79.9. The molecule has 18 heavy (non-hydrogen) atoms. The molecule has 0 aliphatic heterocycles. The van der Waals surface area contributed by atoms with E-state index in [2.05, 4.69) is 15.9 Å². The molecule has 102 valence electrons. The van der Waals surface area contributed by atoms with Gasteiger partial charge in [-0.25, -0.2) is 8.78 Å². The van der Waals surface area contributed by atoms with Crippen molar-refractivity contribution in [2.24, 2.45) is 0 Å². The molecule has 7 heteroatoms. The summed E-state index contributed by atoms with van der Waals surface area (Å²) in [7, 11) is 0. The van der Waals surface area contributed by atoms with E-state index < -0.39 is 11.9 Å². The standard InChI is InChI=1S/C11H10BrF5S/c12-5-1-2-7-3-4-8(10(13)14)6-9(7)18-11(15,16)17/h3-4,6,10H,1-2,5H2. The lowest BCUT2D eigenvalue weighted by atomic mass is 10.1. The van der Waals surface area contributed by atoms with E-state index in [1.165, 1.54) is 12.1 Å². The van der Waals surface area contributed by atoms with Crippen LogP contribution in [0, 0.1) is 0 Å². The summed E-state index contributed by atoms with van der Waals surface area (Å²) in [4.78, 5) is -0.138. The zero-order valence-electron chi connectivity index (χ0n) is 9.11. The maximum Gasteiger partial charge on any atom is 0.446 e. The average Bonchev–Trinajstić information content (AvgIpc) is 2.25. The lowest BCUT2D eigenvalue weighted by molar-refractivity contribution is -0.0328. The number of aryl methyl sites for hydroxylation is 1. The van der Waals surface area contributed by atoms with Crippen LogP contribution in [0.15, 0.2) is 23.1 Å². The van der Waals surface area contributed by atoms with Crippen LogP contribution in [0.3, 0.4) is 0 Å². The first-order valence-corrected chi connectivity index (χ1v) is 7.00. The smallest absolute Gasteiger partial charge is 0.205 e. The van der Waals surface area contributed by atoms with Crippen LogP contribution < -0.4 is 0 Å². The third-order valence-electron chi connectivity index (χ3n) is 2.15. The van der Waals surface area contributed by atoms with Gasteiger partial charge in [0.1, 0.15) is 0 Å². The van der Waals surface area contributed by atoms with Crippen LogP contribution in [-0.2, 0) is 6.42 Å². The summed E-state index contributed by atoms with van der Waals surface area (Å²) in [6, 6.07) is 3.44. The molecular weight excluding hydrogens is 339 g/mol. The molecule has 0 aliphatic carbocycles. The predicted molar refractivity (Wildman–Crippen MR) is 65.4 cm³/mol. The molecular formula is C11H10BrF5S. The fourth-order valence-corrected chi connectivity index (χ4v) is 2.42. The minimum absolute atomic E-state index is 0.138. The molecule has 0 heterocycles. The summed E-state index contributed by atoms with van der Waals surface area (Å²) in [5, 5.41) is 0.653. The van der Waals surface area contributed by atoms with Crippen molar-refractivity contribution in [3.05, 3.63) is 29.3 Å². The van der Waals surface area contributed by atoms with Gasteiger partial charge in [-0.15, -0.1) is 0 Å². The molecule has 0 aliphatic rings. The number of hydrogen-bond acceptors (Lipinski definition) is 1. The van der Waals surface area contributed by atoms with E-state index >= 15 is 0 Å². The second-order valence-corrected chi connectivity index (χ2v) is 5.41. The van der Waals surface area contributed by atoms with Crippen LogP contribution in [0.2, 0.25) is 0 Å². The Hall–Kier alpha value is -0.300. The number of halogens is 6. The Kier molecular flexibility index (Phi) is 5.91. The van der Waals surface area contributed by atoms with Crippen molar-refractivity contribution in [3.63, 3.8) is 0 Å². The van der Waals surface area contributed by atoms with E-state index in [1.54, 1.807) is 0 Å². The van der Waals surface area contributed by atoms with E-state index in [4.69, 9.17) is 0 Å². The van der Waals surface area contributed by atoms with Crippen LogP contribution in [0.4, 0.5) is 22.0 Å². The van der Waals surface area contributed by atoms with Gasteiger partial charge in [0, 0.05) is 15.8 Å². The first-order valence-electron chi connectivity index (χ1n) is 5.06. The number of alkyl halides is 6. The summed E-state index contributed by atoms with van der Waals surface area (Å²) >= 11 is 2.84. The van der Waals surface area contributed by atoms with Gasteiger partial charge in [-0.1, -0.05) is 28.1 Å². The summed E-state index contributed by atoms with van der Waals surface area (Å²) < 4.78 is 62.0. The number of rotatable bonds is 5. The Morgan fingerprint density at radius 3 is 2.39 bits per heavy atom. The highest BCUT2D eigenvalue weighted by molar-refractivity contribution is 9.09. The van der Waals surface area contributed by atoms with Crippen molar-refractivity contribution >= 4 is 27.7 Å². The summed E-state index contributed by atoms with van der Waals surface area (Å²) in [6.45, 7) is 0. The van der Waals surface area contributed by atoms with Crippen molar-refractivity contribution in [3.8, 4) is 0 Å². The molecule has 0 saturated carbocycles. The molecule has 0 atom stereocenters. The van der Waals surface area contributed by atoms with Crippen LogP contribution in [0.1, 0.15) is 24.0 Å². The Morgan fingerprint density at radius 2 is 1.89 bits per heavy atom. The maximum atomic E-state index is 12.5. The van der Waals surface area contributed by atoms with E-state index in [9.17, 15) is 22.0 Å².